The zero-order chi connectivity index (χ0) is 22.3. The molecule has 4 N–H and O–H groups in total. The van der Waals surface area contributed by atoms with Crippen LogP contribution in [0.3, 0.4) is 0 Å². The fourth-order valence-electron chi connectivity index (χ4n) is 3.98. The molecule has 2 aromatic carbocycles. The molecule has 1 fully saturated rings. The number of hydrogen-bond acceptors (Lipinski definition) is 6. The maximum atomic E-state index is 12.7. The molecule has 0 saturated heterocycles. The highest BCUT2D eigenvalue weighted by Gasteiger charge is 2.31. The van der Waals surface area contributed by atoms with Crippen molar-refractivity contribution in [2.24, 2.45) is 5.73 Å². The maximum absolute atomic E-state index is 12.7. The molecule has 1 saturated carbocycles. The SMILES string of the molecule is NCC(=O)N[C@H]1CC[C@@H](NC(=O)C2COc3ccc(OCc4ccccc4)cc3O2)CC1. The minimum absolute atomic E-state index is 0.00380. The van der Waals surface area contributed by atoms with Crippen LogP contribution in [0.1, 0.15) is 31.2 Å². The van der Waals surface area contributed by atoms with Gasteiger partial charge in [0.2, 0.25) is 12.0 Å². The van der Waals surface area contributed by atoms with E-state index in [1.165, 1.54) is 0 Å². The van der Waals surface area contributed by atoms with Crippen molar-refractivity contribution in [3.8, 4) is 17.2 Å². The summed E-state index contributed by atoms with van der Waals surface area (Å²) in [6, 6.07) is 15.4. The summed E-state index contributed by atoms with van der Waals surface area (Å²) in [5.74, 6) is 1.40. The molecular formula is C24H29N3O5. The van der Waals surface area contributed by atoms with E-state index in [2.05, 4.69) is 10.6 Å². The largest absolute Gasteiger partial charge is 0.489 e. The molecule has 170 valence electrons. The normalized spacial score (nSPS) is 22.0. The number of nitrogens with one attached hydrogen (secondary N) is 2. The molecular weight excluding hydrogens is 410 g/mol. The molecule has 1 aliphatic heterocycles. The number of benzene rings is 2. The Morgan fingerprint density at radius 2 is 1.69 bits per heavy atom. The van der Waals surface area contributed by atoms with Crippen molar-refractivity contribution >= 4 is 11.8 Å². The van der Waals surface area contributed by atoms with Crippen LogP contribution in [-0.4, -0.2) is 43.2 Å². The fraction of sp³-hybridized carbons (Fsp3) is 0.417. The van der Waals surface area contributed by atoms with Crippen LogP contribution in [0.5, 0.6) is 17.2 Å². The molecule has 2 amide bonds. The van der Waals surface area contributed by atoms with E-state index >= 15 is 0 Å². The van der Waals surface area contributed by atoms with Gasteiger partial charge in [-0.1, -0.05) is 30.3 Å². The quantitative estimate of drug-likeness (QED) is 0.608. The molecule has 0 spiro atoms. The second kappa shape index (κ2) is 10.4. The van der Waals surface area contributed by atoms with Gasteiger partial charge >= 0.3 is 0 Å². The smallest absolute Gasteiger partial charge is 0.264 e. The number of ether oxygens (including phenoxy) is 3. The standard InChI is InChI=1S/C24H29N3O5/c25-13-23(28)26-17-6-8-18(9-7-17)27-24(29)22-15-31-20-11-10-19(12-21(20)32-22)30-14-16-4-2-1-3-5-16/h1-5,10-12,17-18,22H,6-9,13-15,25H2,(H,26,28)(H,27,29)/t17-,18+,22?. The number of amides is 2. The summed E-state index contributed by atoms with van der Waals surface area (Å²) < 4.78 is 17.5. The molecule has 1 atom stereocenters. The maximum Gasteiger partial charge on any atom is 0.264 e. The van der Waals surface area contributed by atoms with Gasteiger partial charge in [0.25, 0.3) is 5.91 Å². The Hall–Kier alpha value is -3.26. The van der Waals surface area contributed by atoms with Crippen molar-refractivity contribution in [2.45, 2.75) is 50.5 Å². The first-order valence-corrected chi connectivity index (χ1v) is 11.0. The van der Waals surface area contributed by atoms with Crippen LogP contribution < -0.4 is 30.6 Å². The van der Waals surface area contributed by atoms with E-state index in [-0.39, 0.29) is 37.0 Å². The summed E-state index contributed by atoms with van der Waals surface area (Å²) in [6.45, 7) is 0.597. The van der Waals surface area contributed by atoms with E-state index in [0.717, 1.165) is 31.2 Å². The lowest BCUT2D eigenvalue weighted by atomic mass is 9.91. The van der Waals surface area contributed by atoms with Gasteiger partial charge in [0.05, 0.1) is 6.54 Å². The van der Waals surface area contributed by atoms with Crippen molar-refractivity contribution in [1.29, 1.82) is 0 Å². The van der Waals surface area contributed by atoms with Crippen LogP contribution in [-0.2, 0) is 16.2 Å². The molecule has 8 nitrogen and oxygen atoms in total. The highest BCUT2D eigenvalue weighted by atomic mass is 16.6. The third kappa shape index (κ3) is 5.70. The Balaban J connectivity index is 1.28. The number of rotatable bonds is 7. The van der Waals surface area contributed by atoms with Crippen molar-refractivity contribution in [2.75, 3.05) is 13.2 Å². The van der Waals surface area contributed by atoms with Crippen molar-refractivity contribution in [3.63, 3.8) is 0 Å². The zero-order valence-corrected chi connectivity index (χ0v) is 17.9. The van der Waals surface area contributed by atoms with Crippen LogP contribution >= 0.6 is 0 Å². The van der Waals surface area contributed by atoms with Gasteiger partial charge in [-0.15, -0.1) is 0 Å². The number of fused-ring (bicyclic) bond motifs is 1. The number of carbonyl (C=O) groups is 2. The average Bonchev–Trinajstić information content (AvgIpc) is 2.84. The van der Waals surface area contributed by atoms with E-state index in [4.69, 9.17) is 19.9 Å². The lowest BCUT2D eigenvalue weighted by molar-refractivity contribution is -0.131. The number of carbonyl (C=O) groups excluding carboxylic acids is 2. The molecule has 2 aliphatic rings. The minimum Gasteiger partial charge on any atom is -0.489 e. The van der Waals surface area contributed by atoms with Crippen molar-refractivity contribution in [3.05, 3.63) is 54.1 Å². The summed E-state index contributed by atoms with van der Waals surface area (Å²) >= 11 is 0. The highest BCUT2D eigenvalue weighted by Crippen LogP contribution is 2.35. The number of hydrogen-bond donors (Lipinski definition) is 3. The number of nitrogens with two attached hydrogens (primary N) is 1. The van der Waals surface area contributed by atoms with Crippen LogP contribution in [0.25, 0.3) is 0 Å². The molecule has 1 heterocycles. The summed E-state index contributed by atoms with van der Waals surface area (Å²) in [6.07, 6.45) is 2.49. The van der Waals surface area contributed by atoms with E-state index < -0.39 is 6.10 Å². The van der Waals surface area contributed by atoms with E-state index in [1.807, 2.05) is 36.4 Å². The molecule has 0 radical (unpaired) electrons. The van der Waals surface area contributed by atoms with Crippen LogP contribution in [0.15, 0.2) is 48.5 Å². The van der Waals surface area contributed by atoms with Crippen LogP contribution in [0.4, 0.5) is 0 Å². The van der Waals surface area contributed by atoms with Gasteiger partial charge < -0.3 is 30.6 Å². The Labute approximate surface area is 187 Å². The second-order valence-electron chi connectivity index (χ2n) is 8.13. The Bertz CT molecular complexity index is 928. The highest BCUT2D eigenvalue weighted by molar-refractivity contribution is 5.82. The van der Waals surface area contributed by atoms with E-state index in [9.17, 15) is 9.59 Å². The summed E-state index contributed by atoms with van der Waals surface area (Å²) in [4.78, 5) is 24.2. The van der Waals surface area contributed by atoms with Gasteiger partial charge in [-0.3, -0.25) is 9.59 Å². The van der Waals surface area contributed by atoms with Gasteiger partial charge in [-0.25, -0.2) is 0 Å². The Morgan fingerprint density at radius 1 is 0.969 bits per heavy atom. The molecule has 8 heteroatoms. The van der Waals surface area contributed by atoms with Gasteiger partial charge in [0.15, 0.2) is 11.5 Å². The van der Waals surface area contributed by atoms with E-state index in [0.29, 0.717) is 23.9 Å². The van der Waals surface area contributed by atoms with Crippen molar-refractivity contribution in [1.82, 2.24) is 10.6 Å². The Kier molecular flexibility index (Phi) is 7.11. The fourth-order valence-corrected chi connectivity index (χ4v) is 3.98. The first kappa shape index (κ1) is 22.0. The molecule has 1 unspecified atom stereocenters. The van der Waals surface area contributed by atoms with Crippen LogP contribution in [0.2, 0.25) is 0 Å². The Morgan fingerprint density at radius 3 is 2.41 bits per heavy atom. The van der Waals surface area contributed by atoms with Crippen molar-refractivity contribution < 1.29 is 23.8 Å². The summed E-state index contributed by atoms with van der Waals surface area (Å²) in [5.41, 5.74) is 6.42. The third-order valence-electron chi connectivity index (χ3n) is 5.74. The van der Waals surface area contributed by atoms with Gasteiger partial charge in [0, 0.05) is 18.2 Å². The van der Waals surface area contributed by atoms with E-state index in [1.54, 1.807) is 12.1 Å². The average molecular weight is 440 g/mol. The topological polar surface area (TPSA) is 112 Å². The molecule has 32 heavy (non-hydrogen) atoms. The predicted octanol–water partition coefficient (Wildman–Crippen LogP) is 1.91. The second-order valence-corrected chi connectivity index (χ2v) is 8.13. The lowest BCUT2D eigenvalue weighted by Gasteiger charge is -2.31. The van der Waals surface area contributed by atoms with Gasteiger partial charge in [-0.05, 0) is 43.4 Å². The van der Waals surface area contributed by atoms with Crippen LogP contribution in [0, 0.1) is 0 Å². The predicted molar refractivity (Wildman–Crippen MR) is 119 cm³/mol. The lowest BCUT2D eigenvalue weighted by Crippen LogP contribution is -2.50. The van der Waals surface area contributed by atoms with Gasteiger partial charge in [0.1, 0.15) is 19.0 Å². The molecule has 1 aliphatic carbocycles. The molecule has 0 bridgehead atoms. The molecule has 2 aromatic rings. The third-order valence-corrected chi connectivity index (χ3v) is 5.74. The van der Waals surface area contributed by atoms with Gasteiger partial charge in [-0.2, -0.15) is 0 Å². The monoisotopic (exact) mass is 439 g/mol. The molecule has 4 rings (SSSR count). The first-order chi connectivity index (χ1) is 15.6. The zero-order valence-electron chi connectivity index (χ0n) is 17.9. The summed E-state index contributed by atoms with van der Waals surface area (Å²) in [7, 11) is 0. The summed E-state index contributed by atoms with van der Waals surface area (Å²) in [5, 5.41) is 5.97. The molecule has 0 aromatic heterocycles. The first-order valence-electron chi connectivity index (χ1n) is 11.0. The minimum atomic E-state index is -0.721.